The van der Waals surface area contributed by atoms with Gasteiger partial charge in [0.05, 0.1) is 5.41 Å². The van der Waals surface area contributed by atoms with Crippen LogP contribution in [0, 0.1) is 16.7 Å². The first-order chi connectivity index (χ1) is 11.2. The minimum atomic E-state index is -0.0912. The maximum Gasteiger partial charge on any atom is 0.228 e. The molecular formula is C19H33ClN2O2. The first-order valence-corrected chi connectivity index (χ1v) is 9.82. The van der Waals surface area contributed by atoms with E-state index >= 15 is 0 Å². The minimum absolute atomic E-state index is 0. The molecule has 1 amide bonds. The van der Waals surface area contributed by atoms with Crippen LogP contribution in [0.2, 0.25) is 0 Å². The van der Waals surface area contributed by atoms with Crippen LogP contribution in [0.15, 0.2) is 0 Å². The third kappa shape index (κ3) is 3.34. The minimum Gasteiger partial charge on any atom is -0.381 e. The Bertz CT molecular complexity index is 443. The fourth-order valence-corrected chi connectivity index (χ4v) is 5.70. The number of hydrogen-bond acceptors (Lipinski definition) is 3. The molecule has 138 valence electrons. The van der Waals surface area contributed by atoms with Crippen molar-refractivity contribution in [3.8, 4) is 0 Å². The van der Waals surface area contributed by atoms with Gasteiger partial charge in [0.1, 0.15) is 0 Å². The molecule has 4 aliphatic rings. The van der Waals surface area contributed by atoms with E-state index in [1.807, 2.05) is 0 Å². The van der Waals surface area contributed by atoms with Crippen molar-refractivity contribution < 1.29 is 9.53 Å². The molecule has 0 radical (unpaired) electrons. The zero-order chi connectivity index (χ0) is 15.8. The average molecular weight is 357 g/mol. The molecule has 4 rings (SSSR count). The van der Waals surface area contributed by atoms with Crippen molar-refractivity contribution >= 4 is 18.3 Å². The summed E-state index contributed by atoms with van der Waals surface area (Å²) in [7, 11) is 0. The summed E-state index contributed by atoms with van der Waals surface area (Å²) in [6.07, 6.45) is 12.2. The van der Waals surface area contributed by atoms with E-state index in [1.54, 1.807) is 0 Å². The number of carbonyl (C=O) groups excluding carboxylic acids is 1. The first kappa shape index (κ1) is 18.5. The fourth-order valence-electron chi connectivity index (χ4n) is 5.70. The van der Waals surface area contributed by atoms with Crippen LogP contribution in [-0.4, -0.2) is 38.3 Å². The van der Waals surface area contributed by atoms with Gasteiger partial charge in [0, 0.05) is 25.8 Å². The Morgan fingerprint density at radius 2 is 1.75 bits per heavy atom. The predicted octanol–water partition coefficient (Wildman–Crippen LogP) is 3.04. The highest BCUT2D eigenvalue weighted by Gasteiger charge is 2.50. The van der Waals surface area contributed by atoms with Gasteiger partial charge in [-0.1, -0.05) is 12.8 Å². The SMILES string of the molecule is Cl.O=C(NC1CCC2(CCOCC2)CC1)[C@@]12CCCC[C@H]1CNC2. The third-order valence-electron chi connectivity index (χ3n) is 7.43. The second kappa shape index (κ2) is 7.51. The largest absolute Gasteiger partial charge is 0.381 e. The third-order valence-corrected chi connectivity index (χ3v) is 7.43. The van der Waals surface area contributed by atoms with Crippen molar-refractivity contribution in [1.29, 1.82) is 0 Å². The van der Waals surface area contributed by atoms with E-state index in [0.717, 1.165) is 32.7 Å². The van der Waals surface area contributed by atoms with E-state index in [-0.39, 0.29) is 17.8 Å². The lowest BCUT2D eigenvalue weighted by Gasteiger charge is -2.44. The van der Waals surface area contributed by atoms with Crippen LogP contribution in [0.3, 0.4) is 0 Å². The van der Waals surface area contributed by atoms with Crippen LogP contribution >= 0.6 is 12.4 Å². The normalized spacial score (nSPS) is 35.9. The van der Waals surface area contributed by atoms with Gasteiger partial charge in [-0.25, -0.2) is 0 Å². The van der Waals surface area contributed by atoms with Crippen molar-refractivity contribution in [2.75, 3.05) is 26.3 Å². The van der Waals surface area contributed by atoms with Crippen LogP contribution < -0.4 is 10.6 Å². The lowest BCUT2D eigenvalue weighted by Crippen LogP contribution is -2.52. The van der Waals surface area contributed by atoms with Gasteiger partial charge in [-0.2, -0.15) is 0 Å². The van der Waals surface area contributed by atoms with Gasteiger partial charge >= 0.3 is 0 Å². The topological polar surface area (TPSA) is 50.4 Å². The summed E-state index contributed by atoms with van der Waals surface area (Å²) in [5.74, 6) is 0.932. The molecule has 2 N–H and O–H groups in total. The quantitative estimate of drug-likeness (QED) is 0.799. The molecule has 24 heavy (non-hydrogen) atoms. The van der Waals surface area contributed by atoms with Gasteiger partial charge in [0.2, 0.25) is 5.91 Å². The van der Waals surface area contributed by atoms with Crippen molar-refractivity contribution in [2.24, 2.45) is 16.7 Å². The molecule has 2 aliphatic heterocycles. The number of halogens is 1. The van der Waals surface area contributed by atoms with E-state index in [2.05, 4.69) is 10.6 Å². The predicted molar refractivity (Wildman–Crippen MR) is 97.4 cm³/mol. The molecule has 0 aromatic heterocycles. The number of fused-ring (bicyclic) bond motifs is 1. The van der Waals surface area contributed by atoms with E-state index in [9.17, 15) is 4.79 Å². The summed E-state index contributed by atoms with van der Waals surface area (Å²) in [6, 6.07) is 0.411. The molecule has 2 atom stereocenters. The first-order valence-electron chi connectivity index (χ1n) is 9.82. The monoisotopic (exact) mass is 356 g/mol. The molecule has 4 nitrogen and oxygen atoms in total. The van der Waals surface area contributed by atoms with Crippen LogP contribution in [-0.2, 0) is 9.53 Å². The molecular weight excluding hydrogens is 324 g/mol. The zero-order valence-corrected chi connectivity index (χ0v) is 15.6. The number of nitrogens with one attached hydrogen (secondary N) is 2. The summed E-state index contributed by atoms with van der Waals surface area (Å²) < 4.78 is 5.54. The second-order valence-corrected chi connectivity index (χ2v) is 8.59. The molecule has 2 saturated carbocycles. The molecule has 0 aromatic carbocycles. The van der Waals surface area contributed by atoms with Crippen molar-refractivity contribution in [3.63, 3.8) is 0 Å². The molecule has 0 bridgehead atoms. The highest BCUT2D eigenvalue weighted by atomic mass is 35.5. The number of rotatable bonds is 2. The number of hydrogen-bond donors (Lipinski definition) is 2. The lowest BCUT2D eigenvalue weighted by atomic mass is 9.66. The molecule has 0 aromatic rings. The molecule has 2 aliphatic carbocycles. The Hall–Kier alpha value is -0.320. The Kier molecular flexibility index (Phi) is 5.78. The maximum atomic E-state index is 13.1. The molecule has 4 fully saturated rings. The van der Waals surface area contributed by atoms with Gasteiger partial charge in [-0.3, -0.25) is 4.79 Å². The van der Waals surface area contributed by atoms with E-state index < -0.39 is 0 Å². The summed E-state index contributed by atoms with van der Waals surface area (Å²) in [6.45, 7) is 3.82. The molecule has 2 heterocycles. The van der Waals surface area contributed by atoms with Gasteiger partial charge in [-0.15, -0.1) is 12.4 Å². The van der Waals surface area contributed by atoms with Gasteiger partial charge in [0.15, 0.2) is 0 Å². The van der Waals surface area contributed by atoms with E-state index in [1.165, 1.54) is 57.8 Å². The summed E-state index contributed by atoms with van der Waals surface area (Å²) in [4.78, 5) is 13.1. The van der Waals surface area contributed by atoms with E-state index in [4.69, 9.17) is 4.74 Å². The average Bonchev–Trinajstić information content (AvgIpc) is 3.03. The highest BCUT2D eigenvalue weighted by Crippen LogP contribution is 2.46. The van der Waals surface area contributed by atoms with Crippen LogP contribution in [0.4, 0.5) is 0 Å². The Morgan fingerprint density at radius 3 is 2.50 bits per heavy atom. The second-order valence-electron chi connectivity index (χ2n) is 8.59. The lowest BCUT2D eigenvalue weighted by molar-refractivity contribution is -0.135. The van der Waals surface area contributed by atoms with Crippen LogP contribution in [0.1, 0.15) is 64.2 Å². The molecule has 0 unspecified atom stereocenters. The fraction of sp³-hybridized carbons (Fsp3) is 0.947. The number of ether oxygens (including phenoxy) is 1. The Morgan fingerprint density at radius 1 is 1.00 bits per heavy atom. The zero-order valence-electron chi connectivity index (χ0n) is 14.8. The number of amides is 1. The Balaban J connectivity index is 0.00000169. The molecule has 1 spiro atoms. The van der Waals surface area contributed by atoms with Crippen LogP contribution in [0.5, 0.6) is 0 Å². The van der Waals surface area contributed by atoms with Gasteiger partial charge in [-0.05, 0) is 69.2 Å². The summed E-state index contributed by atoms with van der Waals surface area (Å²) in [5, 5.41) is 6.96. The smallest absolute Gasteiger partial charge is 0.228 e. The van der Waals surface area contributed by atoms with Gasteiger partial charge in [0.25, 0.3) is 0 Å². The van der Waals surface area contributed by atoms with Crippen molar-refractivity contribution in [2.45, 2.75) is 70.3 Å². The van der Waals surface area contributed by atoms with Crippen molar-refractivity contribution in [3.05, 3.63) is 0 Å². The Labute approximate surface area is 152 Å². The van der Waals surface area contributed by atoms with Crippen molar-refractivity contribution in [1.82, 2.24) is 10.6 Å². The maximum absolute atomic E-state index is 13.1. The standard InChI is InChI=1S/C19H32N2O2.ClH/c22-17(19-6-2-1-3-15(19)13-20-14-19)21-16-4-7-18(8-5-16)9-11-23-12-10-18;/h15-16,20H,1-14H2,(H,21,22);1H/t15-,19+;/m0./s1. The van der Waals surface area contributed by atoms with E-state index in [0.29, 0.717) is 23.3 Å². The highest BCUT2D eigenvalue weighted by molar-refractivity contribution is 5.85. The molecule has 5 heteroatoms. The van der Waals surface area contributed by atoms with Crippen LogP contribution in [0.25, 0.3) is 0 Å². The van der Waals surface area contributed by atoms with Gasteiger partial charge < -0.3 is 15.4 Å². The number of carbonyl (C=O) groups is 1. The summed E-state index contributed by atoms with van der Waals surface area (Å²) >= 11 is 0. The molecule has 2 saturated heterocycles. The summed E-state index contributed by atoms with van der Waals surface area (Å²) in [5.41, 5.74) is 0.437.